The van der Waals surface area contributed by atoms with E-state index in [0.29, 0.717) is 12.2 Å². The van der Waals surface area contributed by atoms with Crippen molar-refractivity contribution in [1.29, 1.82) is 0 Å². The third-order valence-electron chi connectivity index (χ3n) is 5.39. The first-order valence-electron chi connectivity index (χ1n) is 9.04. The van der Waals surface area contributed by atoms with Crippen molar-refractivity contribution in [2.24, 2.45) is 5.73 Å². The van der Waals surface area contributed by atoms with Crippen molar-refractivity contribution >= 4 is 28.0 Å². The standard InChI is InChI=1S/C21H23N3OS/c1-21(12-16-8-4-7-15-6-2-3-9-17(15)16)10-5-11-24(21)20(25)18-14-26-19(13-22)23-18/h2-4,6-9,14H,5,10-13,22H2,1H3. The van der Waals surface area contributed by atoms with Crippen molar-refractivity contribution in [2.45, 2.75) is 38.3 Å². The van der Waals surface area contributed by atoms with E-state index in [-0.39, 0.29) is 11.4 Å². The molecule has 2 aromatic carbocycles. The summed E-state index contributed by atoms with van der Waals surface area (Å²) in [6.45, 7) is 3.37. The first-order chi connectivity index (χ1) is 12.6. The SMILES string of the molecule is CC1(Cc2cccc3ccccc23)CCCN1C(=O)c1csc(CN)n1. The lowest BCUT2D eigenvalue weighted by Gasteiger charge is -2.35. The number of rotatable bonds is 4. The molecule has 1 aliphatic heterocycles. The van der Waals surface area contributed by atoms with Crippen LogP contribution in [0.15, 0.2) is 47.8 Å². The molecule has 2 heterocycles. The van der Waals surface area contributed by atoms with E-state index in [9.17, 15) is 4.79 Å². The maximum absolute atomic E-state index is 13.1. The first-order valence-corrected chi connectivity index (χ1v) is 9.92. The minimum absolute atomic E-state index is 0.0289. The number of nitrogens with zero attached hydrogens (tertiary/aromatic N) is 2. The number of nitrogens with two attached hydrogens (primary N) is 1. The summed E-state index contributed by atoms with van der Waals surface area (Å²) < 4.78 is 0. The van der Waals surface area contributed by atoms with Gasteiger partial charge in [0, 0.05) is 24.0 Å². The summed E-state index contributed by atoms with van der Waals surface area (Å²) in [5.74, 6) is 0.0289. The molecule has 1 fully saturated rings. The Labute approximate surface area is 157 Å². The molecule has 26 heavy (non-hydrogen) atoms. The summed E-state index contributed by atoms with van der Waals surface area (Å²) in [4.78, 5) is 19.5. The highest BCUT2D eigenvalue weighted by Gasteiger charge is 2.40. The predicted molar refractivity (Wildman–Crippen MR) is 106 cm³/mol. The lowest BCUT2D eigenvalue weighted by molar-refractivity contribution is 0.0619. The van der Waals surface area contributed by atoms with E-state index in [1.54, 1.807) is 0 Å². The number of amides is 1. The largest absolute Gasteiger partial charge is 0.332 e. The molecule has 4 rings (SSSR count). The van der Waals surface area contributed by atoms with E-state index in [4.69, 9.17) is 5.73 Å². The van der Waals surface area contributed by atoms with Crippen LogP contribution in [0.1, 0.15) is 40.8 Å². The minimum atomic E-state index is -0.187. The molecule has 0 saturated carbocycles. The highest BCUT2D eigenvalue weighted by atomic mass is 32.1. The molecule has 0 bridgehead atoms. The average molecular weight is 366 g/mol. The summed E-state index contributed by atoms with van der Waals surface area (Å²) in [6.07, 6.45) is 2.89. The summed E-state index contributed by atoms with van der Waals surface area (Å²) >= 11 is 1.46. The molecular formula is C21H23N3OS. The molecule has 0 spiro atoms. The van der Waals surface area contributed by atoms with Crippen LogP contribution in [0.3, 0.4) is 0 Å². The number of hydrogen-bond acceptors (Lipinski definition) is 4. The number of benzene rings is 2. The number of carbonyl (C=O) groups is 1. The highest BCUT2D eigenvalue weighted by Crippen LogP contribution is 2.35. The lowest BCUT2D eigenvalue weighted by Crippen LogP contribution is -2.46. The predicted octanol–water partition coefficient (Wildman–Crippen LogP) is 3.99. The second kappa shape index (κ2) is 6.82. The summed E-state index contributed by atoms with van der Waals surface area (Å²) in [5, 5.41) is 5.16. The van der Waals surface area contributed by atoms with Crippen molar-refractivity contribution in [1.82, 2.24) is 9.88 Å². The van der Waals surface area contributed by atoms with Gasteiger partial charge < -0.3 is 10.6 Å². The fourth-order valence-electron chi connectivity index (χ4n) is 4.05. The van der Waals surface area contributed by atoms with Gasteiger partial charge >= 0.3 is 0 Å². The van der Waals surface area contributed by atoms with Crippen molar-refractivity contribution in [3.05, 3.63) is 64.1 Å². The topological polar surface area (TPSA) is 59.2 Å². The van der Waals surface area contributed by atoms with Crippen molar-refractivity contribution in [3.8, 4) is 0 Å². The van der Waals surface area contributed by atoms with Crippen LogP contribution in [0.4, 0.5) is 0 Å². The van der Waals surface area contributed by atoms with Gasteiger partial charge in [0.1, 0.15) is 10.7 Å². The van der Waals surface area contributed by atoms with Crippen LogP contribution in [-0.2, 0) is 13.0 Å². The van der Waals surface area contributed by atoms with E-state index < -0.39 is 0 Å². The number of hydrogen-bond donors (Lipinski definition) is 1. The van der Waals surface area contributed by atoms with E-state index in [1.807, 2.05) is 10.3 Å². The third-order valence-corrected chi connectivity index (χ3v) is 6.26. The molecule has 0 radical (unpaired) electrons. The highest BCUT2D eigenvalue weighted by molar-refractivity contribution is 7.09. The maximum Gasteiger partial charge on any atom is 0.273 e. The van der Waals surface area contributed by atoms with Crippen LogP contribution >= 0.6 is 11.3 Å². The monoisotopic (exact) mass is 365 g/mol. The molecule has 3 aromatic rings. The van der Waals surface area contributed by atoms with Crippen LogP contribution in [0.25, 0.3) is 10.8 Å². The maximum atomic E-state index is 13.1. The fourth-order valence-corrected chi connectivity index (χ4v) is 4.70. The number of thiazole rings is 1. The Balaban J connectivity index is 1.64. The zero-order chi connectivity index (χ0) is 18.1. The molecule has 4 nitrogen and oxygen atoms in total. The second-order valence-electron chi connectivity index (χ2n) is 7.20. The van der Waals surface area contributed by atoms with Gasteiger partial charge in [-0.3, -0.25) is 4.79 Å². The molecule has 1 aromatic heterocycles. The van der Waals surface area contributed by atoms with Crippen LogP contribution in [0, 0.1) is 0 Å². The van der Waals surface area contributed by atoms with E-state index in [1.165, 1.54) is 27.7 Å². The second-order valence-corrected chi connectivity index (χ2v) is 8.15. The molecule has 2 N–H and O–H groups in total. The minimum Gasteiger partial charge on any atom is -0.332 e. The molecule has 5 heteroatoms. The molecule has 1 amide bonds. The third kappa shape index (κ3) is 3.02. The van der Waals surface area contributed by atoms with Crippen LogP contribution in [-0.4, -0.2) is 27.9 Å². The Kier molecular flexibility index (Phi) is 4.51. The summed E-state index contributed by atoms with van der Waals surface area (Å²) in [6, 6.07) is 14.9. The Morgan fingerprint density at radius 1 is 1.27 bits per heavy atom. The van der Waals surface area contributed by atoms with Crippen LogP contribution < -0.4 is 5.73 Å². The van der Waals surface area contributed by atoms with Gasteiger partial charge in [0.15, 0.2) is 0 Å². The van der Waals surface area contributed by atoms with Crippen molar-refractivity contribution in [2.75, 3.05) is 6.54 Å². The normalized spacial score (nSPS) is 20.0. The number of carbonyl (C=O) groups excluding carboxylic acids is 1. The zero-order valence-electron chi connectivity index (χ0n) is 14.9. The Hall–Kier alpha value is -2.24. The Morgan fingerprint density at radius 3 is 2.88 bits per heavy atom. The Bertz CT molecular complexity index is 946. The van der Waals surface area contributed by atoms with Gasteiger partial charge in [0.2, 0.25) is 0 Å². The first kappa shape index (κ1) is 17.2. The summed E-state index contributed by atoms with van der Waals surface area (Å²) in [5.41, 5.74) is 7.29. The smallest absolute Gasteiger partial charge is 0.273 e. The van der Waals surface area contributed by atoms with Gasteiger partial charge in [-0.05, 0) is 42.5 Å². The summed E-state index contributed by atoms with van der Waals surface area (Å²) in [7, 11) is 0. The van der Waals surface area contributed by atoms with Crippen molar-refractivity contribution in [3.63, 3.8) is 0 Å². The molecule has 1 unspecified atom stereocenters. The lowest BCUT2D eigenvalue weighted by atomic mass is 9.87. The zero-order valence-corrected chi connectivity index (χ0v) is 15.8. The Morgan fingerprint density at radius 2 is 2.08 bits per heavy atom. The average Bonchev–Trinajstić information content (AvgIpc) is 3.28. The molecule has 1 atom stereocenters. The number of fused-ring (bicyclic) bond motifs is 1. The van der Waals surface area contributed by atoms with Gasteiger partial charge in [-0.15, -0.1) is 11.3 Å². The molecule has 1 aliphatic rings. The van der Waals surface area contributed by atoms with Gasteiger partial charge in [0.25, 0.3) is 5.91 Å². The van der Waals surface area contributed by atoms with Gasteiger partial charge in [-0.2, -0.15) is 0 Å². The van der Waals surface area contributed by atoms with Gasteiger partial charge in [0.05, 0.1) is 0 Å². The molecular weight excluding hydrogens is 342 g/mol. The quantitative estimate of drug-likeness (QED) is 0.760. The molecule has 134 valence electrons. The van der Waals surface area contributed by atoms with E-state index in [0.717, 1.165) is 30.8 Å². The van der Waals surface area contributed by atoms with Gasteiger partial charge in [-0.1, -0.05) is 42.5 Å². The number of likely N-dealkylation sites (tertiary alicyclic amines) is 1. The molecule has 1 saturated heterocycles. The van der Waals surface area contributed by atoms with Crippen LogP contribution in [0.2, 0.25) is 0 Å². The van der Waals surface area contributed by atoms with E-state index >= 15 is 0 Å². The van der Waals surface area contributed by atoms with Crippen LogP contribution in [0.5, 0.6) is 0 Å². The number of aromatic nitrogens is 1. The fraction of sp³-hybridized carbons (Fsp3) is 0.333. The van der Waals surface area contributed by atoms with Crippen molar-refractivity contribution < 1.29 is 4.79 Å². The van der Waals surface area contributed by atoms with E-state index in [2.05, 4.69) is 54.4 Å². The van der Waals surface area contributed by atoms with Gasteiger partial charge in [-0.25, -0.2) is 4.98 Å². The molecule has 0 aliphatic carbocycles.